The monoisotopic (exact) mass is 288 g/mol. The standard InChI is InChI=1S/C15H20N4O2/c1-6-10-7-13(17-9(2)16-10)18-14(20)11-8-12(21-19-11)15(3,4)5/h7-8H,6H2,1-5H3,(H,16,17,18,20). The van der Waals surface area contributed by atoms with Crippen molar-refractivity contribution in [2.24, 2.45) is 0 Å². The maximum Gasteiger partial charge on any atom is 0.279 e. The summed E-state index contributed by atoms with van der Waals surface area (Å²) in [4.78, 5) is 20.6. The number of carbonyl (C=O) groups is 1. The molecular formula is C15H20N4O2. The second-order valence-corrected chi connectivity index (χ2v) is 5.93. The Morgan fingerprint density at radius 2 is 2.00 bits per heavy atom. The van der Waals surface area contributed by atoms with Gasteiger partial charge in [0.25, 0.3) is 5.91 Å². The van der Waals surface area contributed by atoms with E-state index in [0.29, 0.717) is 17.4 Å². The third-order valence-electron chi connectivity index (χ3n) is 2.98. The minimum atomic E-state index is -0.339. The van der Waals surface area contributed by atoms with Crippen molar-refractivity contribution in [1.82, 2.24) is 15.1 Å². The van der Waals surface area contributed by atoms with Crippen molar-refractivity contribution in [3.05, 3.63) is 35.1 Å². The number of aromatic nitrogens is 3. The van der Waals surface area contributed by atoms with Gasteiger partial charge in [-0.05, 0) is 13.3 Å². The quantitative estimate of drug-likeness (QED) is 0.939. The van der Waals surface area contributed by atoms with Gasteiger partial charge in [-0.1, -0.05) is 32.9 Å². The van der Waals surface area contributed by atoms with Crippen molar-refractivity contribution >= 4 is 11.7 Å². The molecule has 0 aromatic carbocycles. The van der Waals surface area contributed by atoms with Gasteiger partial charge in [0, 0.05) is 23.2 Å². The molecule has 0 aliphatic heterocycles. The van der Waals surface area contributed by atoms with E-state index in [1.165, 1.54) is 0 Å². The van der Waals surface area contributed by atoms with Crippen LogP contribution in [-0.2, 0) is 11.8 Å². The second kappa shape index (κ2) is 5.63. The molecule has 0 unspecified atom stereocenters. The van der Waals surface area contributed by atoms with Crippen molar-refractivity contribution in [2.75, 3.05) is 5.32 Å². The predicted molar refractivity (Wildman–Crippen MR) is 79.3 cm³/mol. The van der Waals surface area contributed by atoms with E-state index in [-0.39, 0.29) is 17.0 Å². The Kier molecular flexibility index (Phi) is 4.06. The number of carbonyl (C=O) groups excluding carboxylic acids is 1. The lowest BCUT2D eigenvalue weighted by Gasteiger charge is -2.12. The summed E-state index contributed by atoms with van der Waals surface area (Å²) in [5.74, 6) is 1.43. The first-order valence-electron chi connectivity index (χ1n) is 6.92. The summed E-state index contributed by atoms with van der Waals surface area (Å²) in [7, 11) is 0. The number of anilines is 1. The third-order valence-corrected chi connectivity index (χ3v) is 2.98. The van der Waals surface area contributed by atoms with Crippen molar-refractivity contribution in [3.8, 4) is 0 Å². The van der Waals surface area contributed by atoms with Gasteiger partial charge in [-0.2, -0.15) is 0 Å². The Labute approximate surface area is 124 Å². The molecule has 112 valence electrons. The Morgan fingerprint density at radius 1 is 1.29 bits per heavy atom. The highest BCUT2D eigenvalue weighted by molar-refractivity contribution is 6.02. The summed E-state index contributed by atoms with van der Waals surface area (Å²) in [5, 5.41) is 6.54. The second-order valence-electron chi connectivity index (χ2n) is 5.93. The van der Waals surface area contributed by atoms with Crippen LogP contribution in [0.15, 0.2) is 16.7 Å². The summed E-state index contributed by atoms with van der Waals surface area (Å²) < 4.78 is 5.21. The van der Waals surface area contributed by atoms with Gasteiger partial charge in [0.15, 0.2) is 5.69 Å². The average Bonchev–Trinajstić information content (AvgIpc) is 2.87. The first kappa shape index (κ1) is 15.2. The molecule has 2 aromatic rings. The first-order chi connectivity index (χ1) is 9.79. The van der Waals surface area contributed by atoms with E-state index in [1.54, 1.807) is 19.1 Å². The maximum absolute atomic E-state index is 12.2. The van der Waals surface area contributed by atoms with Crippen LogP contribution in [0.4, 0.5) is 5.82 Å². The highest BCUT2D eigenvalue weighted by Gasteiger charge is 2.22. The molecule has 0 fully saturated rings. The van der Waals surface area contributed by atoms with E-state index in [9.17, 15) is 4.79 Å². The van der Waals surface area contributed by atoms with Gasteiger partial charge in [0.1, 0.15) is 17.4 Å². The molecule has 6 nitrogen and oxygen atoms in total. The Balaban J connectivity index is 2.18. The van der Waals surface area contributed by atoms with Crippen molar-refractivity contribution in [2.45, 2.75) is 46.5 Å². The molecule has 2 rings (SSSR count). The summed E-state index contributed by atoms with van der Waals surface area (Å²) >= 11 is 0. The van der Waals surface area contributed by atoms with Gasteiger partial charge in [0.05, 0.1) is 0 Å². The van der Waals surface area contributed by atoms with Crippen LogP contribution in [0, 0.1) is 6.92 Å². The number of nitrogens with zero attached hydrogens (tertiary/aromatic N) is 3. The maximum atomic E-state index is 12.2. The van der Waals surface area contributed by atoms with Crippen LogP contribution in [0.2, 0.25) is 0 Å². The SMILES string of the molecule is CCc1cc(NC(=O)c2cc(C(C)(C)C)on2)nc(C)n1. The molecule has 21 heavy (non-hydrogen) atoms. The van der Waals surface area contributed by atoms with Gasteiger partial charge in [0.2, 0.25) is 0 Å². The molecule has 6 heteroatoms. The number of nitrogens with one attached hydrogen (secondary N) is 1. The normalized spacial score (nSPS) is 11.5. The zero-order valence-corrected chi connectivity index (χ0v) is 13.0. The number of hydrogen-bond donors (Lipinski definition) is 1. The number of amides is 1. The lowest BCUT2D eigenvalue weighted by molar-refractivity contribution is 0.101. The van der Waals surface area contributed by atoms with Gasteiger partial charge in [-0.25, -0.2) is 9.97 Å². The minimum absolute atomic E-state index is 0.188. The highest BCUT2D eigenvalue weighted by Crippen LogP contribution is 2.22. The number of aryl methyl sites for hydroxylation is 2. The molecule has 0 aliphatic rings. The summed E-state index contributed by atoms with van der Waals surface area (Å²) in [6, 6.07) is 3.42. The molecule has 2 heterocycles. The lowest BCUT2D eigenvalue weighted by atomic mass is 9.93. The zero-order valence-electron chi connectivity index (χ0n) is 13.0. The van der Waals surface area contributed by atoms with E-state index in [2.05, 4.69) is 20.4 Å². The average molecular weight is 288 g/mol. The summed E-state index contributed by atoms with van der Waals surface area (Å²) in [5.41, 5.74) is 0.939. The van der Waals surface area contributed by atoms with E-state index in [1.807, 2.05) is 27.7 Å². The van der Waals surface area contributed by atoms with Crippen LogP contribution in [-0.4, -0.2) is 21.0 Å². The Hall–Kier alpha value is -2.24. The molecular weight excluding hydrogens is 268 g/mol. The molecule has 0 bridgehead atoms. The van der Waals surface area contributed by atoms with Crippen molar-refractivity contribution < 1.29 is 9.32 Å². The fourth-order valence-corrected chi connectivity index (χ4v) is 1.79. The van der Waals surface area contributed by atoms with Gasteiger partial charge >= 0.3 is 0 Å². The van der Waals surface area contributed by atoms with E-state index in [4.69, 9.17) is 4.52 Å². The highest BCUT2D eigenvalue weighted by atomic mass is 16.5. The molecule has 0 spiro atoms. The first-order valence-corrected chi connectivity index (χ1v) is 6.92. The van der Waals surface area contributed by atoms with Crippen LogP contribution in [0.1, 0.15) is 55.5 Å². The Morgan fingerprint density at radius 3 is 2.57 bits per heavy atom. The fraction of sp³-hybridized carbons (Fsp3) is 0.467. The van der Waals surface area contributed by atoms with E-state index in [0.717, 1.165) is 12.1 Å². The van der Waals surface area contributed by atoms with Crippen LogP contribution >= 0.6 is 0 Å². The fourth-order valence-electron chi connectivity index (χ4n) is 1.79. The predicted octanol–water partition coefficient (Wildman–Crippen LogP) is 2.89. The molecule has 0 saturated carbocycles. The van der Waals surface area contributed by atoms with Crippen LogP contribution < -0.4 is 5.32 Å². The summed E-state index contributed by atoms with van der Waals surface area (Å²) in [6.45, 7) is 9.78. The number of rotatable bonds is 3. The Bertz CT molecular complexity index is 656. The smallest absolute Gasteiger partial charge is 0.279 e. The lowest BCUT2D eigenvalue weighted by Crippen LogP contribution is -2.15. The van der Waals surface area contributed by atoms with Gasteiger partial charge in [-0.3, -0.25) is 4.79 Å². The number of hydrogen-bond acceptors (Lipinski definition) is 5. The van der Waals surface area contributed by atoms with E-state index < -0.39 is 0 Å². The molecule has 2 aromatic heterocycles. The molecule has 1 N–H and O–H groups in total. The van der Waals surface area contributed by atoms with Crippen molar-refractivity contribution in [3.63, 3.8) is 0 Å². The van der Waals surface area contributed by atoms with Crippen LogP contribution in [0.25, 0.3) is 0 Å². The molecule has 1 amide bonds. The largest absolute Gasteiger partial charge is 0.360 e. The molecule has 0 atom stereocenters. The van der Waals surface area contributed by atoms with Crippen LogP contribution in [0.3, 0.4) is 0 Å². The molecule has 0 aliphatic carbocycles. The minimum Gasteiger partial charge on any atom is -0.360 e. The molecule has 0 saturated heterocycles. The summed E-state index contributed by atoms with van der Waals surface area (Å²) in [6.07, 6.45) is 0.782. The van der Waals surface area contributed by atoms with Gasteiger partial charge in [-0.15, -0.1) is 0 Å². The topological polar surface area (TPSA) is 80.9 Å². The van der Waals surface area contributed by atoms with Crippen molar-refractivity contribution in [1.29, 1.82) is 0 Å². The van der Waals surface area contributed by atoms with Gasteiger partial charge < -0.3 is 9.84 Å². The molecule has 0 radical (unpaired) electrons. The zero-order chi connectivity index (χ0) is 15.6. The van der Waals surface area contributed by atoms with Crippen LogP contribution in [0.5, 0.6) is 0 Å². The third kappa shape index (κ3) is 3.65. The van der Waals surface area contributed by atoms with E-state index >= 15 is 0 Å².